The molecule has 4 atom stereocenters. The zero-order valence-electron chi connectivity index (χ0n) is 12.8. The smallest absolute Gasteiger partial charge is 0.330 e. The molecule has 0 spiro atoms. The Labute approximate surface area is 132 Å². The van der Waals surface area contributed by atoms with Gasteiger partial charge in [0.05, 0.1) is 0 Å². The summed E-state index contributed by atoms with van der Waals surface area (Å²) in [6, 6.07) is 1.13. The van der Waals surface area contributed by atoms with Gasteiger partial charge < -0.3 is 19.7 Å². The van der Waals surface area contributed by atoms with Gasteiger partial charge in [-0.3, -0.25) is 14.3 Å². The average molecular weight is 324 g/mol. The van der Waals surface area contributed by atoms with E-state index in [-0.39, 0.29) is 6.61 Å². The maximum absolute atomic E-state index is 11.7. The summed E-state index contributed by atoms with van der Waals surface area (Å²) in [6.07, 6.45) is 2.00. The van der Waals surface area contributed by atoms with Crippen LogP contribution in [0.1, 0.15) is 32.4 Å². The third-order valence-electron chi connectivity index (χ3n) is 3.51. The molecule has 0 unspecified atom stereocenters. The lowest BCUT2D eigenvalue weighted by Gasteiger charge is -2.16. The molecule has 1 aliphatic heterocycles. The number of unbranched alkanes of at least 4 members (excludes halogenated alkanes) is 2. The lowest BCUT2D eigenvalue weighted by Crippen LogP contribution is -2.37. The second-order valence-corrected chi connectivity index (χ2v) is 5.26. The summed E-state index contributed by atoms with van der Waals surface area (Å²) < 4.78 is 11.6. The topological polar surface area (TPSA) is 114 Å². The van der Waals surface area contributed by atoms with Crippen LogP contribution in [0.4, 0.5) is 0 Å². The van der Waals surface area contributed by atoms with E-state index in [1.807, 2.05) is 0 Å². The summed E-state index contributed by atoms with van der Waals surface area (Å²) in [4.78, 5) is 24.9. The van der Waals surface area contributed by atoms with Crippen molar-refractivity contribution in [3.05, 3.63) is 33.1 Å². The van der Waals surface area contributed by atoms with Crippen molar-refractivity contribution >= 4 is 0 Å². The van der Waals surface area contributed by atoms with Gasteiger partial charge in [-0.15, -0.1) is 0 Å². The van der Waals surface area contributed by atoms with E-state index < -0.39 is 35.8 Å². The third kappa shape index (κ3) is 4.22. The number of rotatable bonds is 5. The van der Waals surface area contributed by atoms with Gasteiger partial charge >= 0.3 is 5.69 Å². The summed E-state index contributed by atoms with van der Waals surface area (Å²) in [5.41, 5.74) is -1.28. The Hall–Kier alpha value is -2.08. The van der Waals surface area contributed by atoms with E-state index in [0.29, 0.717) is 0 Å². The molecule has 2 rings (SSSR count). The predicted molar refractivity (Wildman–Crippen MR) is 80.5 cm³/mol. The Balaban J connectivity index is 1.99. The Bertz CT molecular complexity index is 685. The summed E-state index contributed by atoms with van der Waals surface area (Å²) in [5, 5.41) is 20.0. The quantitative estimate of drug-likeness (QED) is 0.489. The van der Waals surface area contributed by atoms with Gasteiger partial charge in [0.15, 0.2) is 6.23 Å². The zero-order valence-corrected chi connectivity index (χ0v) is 12.8. The van der Waals surface area contributed by atoms with E-state index in [4.69, 9.17) is 9.47 Å². The second kappa shape index (κ2) is 7.97. The Kier molecular flexibility index (Phi) is 5.98. The van der Waals surface area contributed by atoms with Crippen LogP contribution in [0.2, 0.25) is 0 Å². The van der Waals surface area contributed by atoms with Crippen LogP contribution >= 0.6 is 0 Å². The van der Waals surface area contributed by atoms with Crippen LogP contribution in [0.3, 0.4) is 0 Å². The normalized spacial score (nSPS) is 26.6. The molecular weight excluding hydrogens is 304 g/mol. The number of ether oxygens (including phenoxy) is 2. The molecule has 8 nitrogen and oxygen atoms in total. The van der Waals surface area contributed by atoms with Gasteiger partial charge in [-0.05, 0) is 6.42 Å². The summed E-state index contributed by atoms with van der Waals surface area (Å²) in [6.45, 7) is 2.03. The van der Waals surface area contributed by atoms with Crippen molar-refractivity contribution in [3.63, 3.8) is 0 Å². The number of nitrogens with zero attached hydrogens (tertiary/aromatic N) is 1. The Morgan fingerprint density at radius 2 is 2.17 bits per heavy atom. The molecule has 23 heavy (non-hydrogen) atoms. The molecule has 1 saturated heterocycles. The largest absolute Gasteiger partial charge is 0.444 e. The van der Waals surface area contributed by atoms with Gasteiger partial charge in [-0.1, -0.05) is 19.3 Å². The first-order valence-electron chi connectivity index (χ1n) is 7.47. The molecule has 0 bridgehead atoms. The first-order chi connectivity index (χ1) is 11.0. The highest BCUT2D eigenvalue weighted by atomic mass is 16.6. The van der Waals surface area contributed by atoms with E-state index >= 15 is 0 Å². The summed E-state index contributed by atoms with van der Waals surface area (Å²) >= 11 is 0. The second-order valence-electron chi connectivity index (χ2n) is 5.26. The fraction of sp³-hybridized carbons (Fsp3) is 0.600. The van der Waals surface area contributed by atoms with Gasteiger partial charge in [0, 0.05) is 18.7 Å². The lowest BCUT2D eigenvalue weighted by atomic mass is 10.1. The molecule has 2 heterocycles. The molecule has 8 heteroatoms. The molecule has 0 radical (unpaired) electrons. The number of aromatic amines is 1. The number of aliphatic hydroxyl groups is 2. The van der Waals surface area contributed by atoms with Crippen molar-refractivity contribution in [2.24, 2.45) is 0 Å². The van der Waals surface area contributed by atoms with E-state index in [9.17, 15) is 19.8 Å². The van der Waals surface area contributed by atoms with Crippen molar-refractivity contribution in [2.45, 2.75) is 50.7 Å². The fourth-order valence-corrected chi connectivity index (χ4v) is 2.22. The standard InChI is InChI=1S/C15H20N2O6/c1-2-3-4-5-8-22-9-10-12(19)13(20)14(23-10)17-7-6-11(18)16-15(17)21/h6-7,10,12-14,19-20H,2-4,9H2,1H3,(H,16,18,21)/t10-,12-,13-,14-/m1/s1. The number of nitrogens with one attached hydrogen (secondary N) is 1. The van der Waals surface area contributed by atoms with Gasteiger partial charge in [-0.2, -0.15) is 0 Å². The van der Waals surface area contributed by atoms with Crippen molar-refractivity contribution in [1.29, 1.82) is 0 Å². The van der Waals surface area contributed by atoms with Crippen LogP contribution in [-0.4, -0.2) is 44.7 Å². The van der Waals surface area contributed by atoms with Crippen molar-refractivity contribution in [2.75, 3.05) is 6.61 Å². The number of hydrogen-bond acceptors (Lipinski definition) is 6. The predicted octanol–water partition coefficient (Wildman–Crippen LogP) is -0.676. The van der Waals surface area contributed by atoms with Crippen LogP contribution in [0.15, 0.2) is 21.9 Å². The lowest BCUT2D eigenvalue weighted by molar-refractivity contribution is -0.0549. The van der Waals surface area contributed by atoms with Gasteiger partial charge in [0.25, 0.3) is 5.56 Å². The molecule has 3 N–H and O–H groups in total. The van der Waals surface area contributed by atoms with Crippen LogP contribution < -0.4 is 11.2 Å². The van der Waals surface area contributed by atoms with Crippen molar-refractivity contribution in [1.82, 2.24) is 9.55 Å². The van der Waals surface area contributed by atoms with E-state index in [0.717, 1.165) is 29.9 Å². The van der Waals surface area contributed by atoms with Crippen LogP contribution in [0, 0.1) is 12.0 Å². The molecule has 0 aliphatic carbocycles. The highest BCUT2D eigenvalue weighted by Gasteiger charge is 2.44. The van der Waals surface area contributed by atoms with E-state index in [2.05, 4.69) is 23.9 Å². The number of aromatic nitrogens is 2. The molecule has 1 fully saturated rings. The minimum atomic E-state index is -1.32. The molecule has 1 aromatic heterocycles. The maximum atomic E-state index is 11.7. The van der Waals surface area contributed by atoms with Crippen LogP contribution in [-0.2, 0) is 9.47 Å². The van der Waals surface area contributed by atoms with Crippen molar-refractivity contribution in [3.8, 4) is 12.0 Å². The molecule has 1 aliphatic rings. The Morgan fingerprint density at radius 1 is 1.39 bits per heavy atom. The number of hydrogen-bond donors (Lipinski definition) is 3. The van der Waals surface area contributed by atoms with Crippen LogP contribution in [0.25, 0.3) is 0 Å². The highest BCUT2D eigenvalue weighted by molar-refractivity contribution is 4.95. The first-order valence-corrected chi connectivity index (χ1v) is 7.47. The summed E-state index contributed by atoms with van der Waals surface area (Å²) in [7, 11) is 0. The Morgan fingerprint density at radius 3 is 2.87 bits per heavy atom. The van der Waals surface area contributed by atoms with Crippen molar-refractivity contribution < 1.29 is 19.7 Å². The molecular formula is C15H20N2O6. The maximum Gasteiger partial charge on any atom is 0.330 e. The monoisotopic (exact) mass is 324 g/mol. The molecule has 0 saturated carbocycles. The minimum Gasteiger partial charge on any atom is -0.444 e. The highest BCUT2D eigenvalue weighted by Crippen LogP contribution is 2.28. The van der Waals surface area contributed by atoms with E-state index in [1.165, 1.54) is 6.20 Å². The molecule has 0 aromatic carbocycles. The number of H-pyrrole nitrogens is 1. The minimum absolute atomic E-state index is 0.0358. The first kappa shape index (κ1) is 17.3. The molecule has 1 aromatic rings. The fourth-order valence-electron chi connectivity index (χ4n) is 2.22. The SMILES string of the molecule is CCCCC#COC[C@H]1O[C@@H](n2ccc(=O)[nH]c2=O)[C@H](O)[C@@H]1O. The van der Waals surface area contributed by atoms with Gasteiger partial charge in [-0.25, -0.2) is 4.79 Å². The summed E-state index contributed by atoms with van der Waals surface area (Å²) in [5.74, 6) is 2.83. The number of aliphatic hydroxyl groups excluding tert-OH is 2. The molecule has 0 amide bonds. The average Bonchev–Trinajstić information content (AvgIpc) is 2.79. The molecule has 126 valence electrons. The van der Waals surface area contributed by atoms with Gasteiger partial charge in [0.1, 0.15) is 31.0 Å². The van der Waals surface area contributed by atoms with Crippen LogP contribution in [0.5, 0.6) is 0 Å². The van der Waals surface area contributed by atoms with Gasteiger partial charge in [0.2, 0.25) is 0 Å². The third-order valence-corrected chi connectivity index (χ3v) is 3.51. The zero-order chi connectivity index (χ0) is 16.8. The van der Waals surface area contributed by atoms with E-state index in [1.54, 1.807) is 0 Å².